The Morgan fingerprint density at radius 2 is 2.00 bits per heavy atom. The summed E-state index contributed by atoms with van der Waals surface area (Å²) >= 11 is 0. The normalized spacial score (nSPS) is 19.6. The lowest BCUT2D eigenvalue weighted by Gasteiger charge is -2.24. The van der Waals surface area contributed by atoms with Gasteiger partial charge in [0.1, 0.15) is 5.60 Å². The molecule has 0 aromatic carbocycles. The topological polar surface area (TPSA) is 50.4 Å². The largest absolute Gasteiger partial charge is 0.444 e. The van der Waals surface area contributed by atoms with Crippen LogP contribution in [0.1, 0.15) is 53.4 Å². The summed E-state index contributed by atoms with van der Waals surface area (Å²) in [6, 6.07) is 0.493. The summed E-state index contributed by atoms with van der Waals surface area (Å²) in [5.41, 5.74) is -0.411. The zero-order valence-electron chi connectivity index (χ0n) is 11.7. The average Bonchev–Trinajstić information content (AvgIpc) is 2.91. The van der Waals surface area contributed by atoms with Crippen LogP contribution in [0.5, 0.6) is 0 Å². The van der Waals surface area contributed by atoms with Crippen molar-refractivity contribution < 1.29 is 9.53 Å². The number of nitrogens with one attached hydrogen (secondary N) is 2. The Balaban J connectivity index is 2.32. The Morgan fingerprint density at radius 1 is 1.41 bits per heavy atom. The zero-order chi connectivity index (χ0) is 13.1. The second kappa shape index (κ2) is 5.25. The summed E-state index contributed by atoms with van der Waals surface area (Å²) in [5, 5.41) is 6.23. The van der Waals surface area contributed by atoms with Crippen LogP contribution in [-0.2, 0) is 4.74 Å². The number of hydrogen-bond acceptors (Lipinski definition) is 3. The van der Waals surface area contributed by atoms with Crippen molar-refractivity contribution in [1.29, 1.82) is 0 Å². The Bertz CT molecular complexity index is 267. The van der Waals surface area contributed by atoms with E-state index in [2.05, 4.69) is 17.6 Å². The van der Waals surface area contributed by atoms with Gasteiger partial charge in [0.15, 0.2) is 0 Å². The first-order chi connectivity index (χ1) is 7.76. The second-order valence-electron chi connectivity index (χ2n) is 6.14. The first-order valence-electron chi connectivity index (χ1n) is 6.45. The summed E-state index contributed by atoms with van der Waals surface area (Å²) in [4.78, 5) is 11.7. The Hall–Kier alpha value is -0.770. The fourth-order valence-corrected chi connectivity index (χ4v) is 1.75. The van der Waals surface area contributed by atoms with Gasteiger partial charge in [-0.05, 0) is 60.4 Å². The fraction of sp³-hybridized carbons (Fsp3) is 0.923. The fourth-order valence-electron chi connectivity index (χ4n) is 1.75. The van der Waals surface area contributed by atoms with Crippen molar-refractivity contribution in [2.75, 3.05) is 7.05 Å². The molecule has 0 aliphatic heterocycles. The highest BCUT2D eigenvalue weighted by atomic mass is 16.6. The second-order valence-corrected chi connectivity index (χ2v) is 6.14. The van der Waals surface area contributed by atoms with E-state index in [0.717, 1.165) is 25.7 Å². The molecule has 0 saturated heterocycles. The van der Waals surface area contributed by atoms with Crippen LogP contribution in [0.4, 0.5) is 4.79 Å². The molecular weight excluding hydrogens is 216 g/mol. The van der Waals surface area contributed by atoms with Gasteiger partial charge in [0.2, 0.25) is 0 Å². The first-order valence-corrected chi connectivity index (χ1v) is 6.45. The van der Waals surface area contributed by atoms with Crippen molar-refractivity contribution in [1.82, 2.24) is 10.6 Å². The molecule has 0 radical (unpaired) electrons. The summed E-state index contributed by atoms with van der Waals surface area (Å²) in [6.07, 6.45) is 3.96. The lowest BCUT2D eigenvalue weighted by molar-refractivity contribution is 0.0492. The summed E-state index contributed by atoms with van der Waals surface area (Å²) in [6.45, 7) is 7.81. The third-order valence-electron chi connectivity index (χ3n) is 3.17. The van der Waals surface area contributed by atoms with E-state index >= 15 is 0 Å². The van der Waals surface area contributed by atoms with Crippen molar-refractivity contribution >= 4 is 6.09 Å². The molecule has 1 aliphatic carbocycles. The van der Waals surface area contributed by atoms with Crippen LogP contribution in [0.25, 0.3) is 0 Å². The maximum atomic E-state index is 11.7. The van der Waals surface area contributed by atoms with E-state index in [1.165, 1.54) is 0 Å². The molecule has 100 valence electrons. The van der Waals surface area contributed by atoms with E-state index in [1.807, 2.05) is 27.8 Å². The van der Waals surface area contributed by atoms with Gasteiger partial charge in [-0.3, -0.25) is 0 Å². The van der Waals surface area contributed by atoms with Crippen LogP contribution >= 0.6 is 0 Å². The lowest BCUT2D eigenvalue weighted by atomic mass is 10.1. The highest BCUT2D eigenvalue weighted by molar-refractivity contribution is 5.69. The smallest absolute Gasteiger partial charge is 0.408 e. The summed E-state index contributed by atoms with van der Waals surface area (Å²) in [5.74, 6) is 0. The van der Waals surface area contributed by atoms with Crippen molar-refractivity contribution in [3.8, 4) is 0 Å². The number of alkyl carbamates (subject to hydrolysis) is 1. The van der Waals surface area contributed by atoms with Crippen molar-refractivity contribution in [3.05, 3.63) is 0 Å². The molecule has 0 aromatic rings. The molecule has 0 heterocycles. The van der Waals surface area contributed by atoms with Crippen LogP contribution in [0.2, 0.25) is 0 Å². The monoisotopic (exact) mass is 242 g/mol. The SMILES string of the molecule is CNC(C)CCC1(NC(=O)OC(C)(C)C)CC1. The summed E-state index contributed by atoms with van der Waals surface area (Å²) in [7, 11) is 1.96. The molecule has 1 rings (SSSR count). The third-order valence-corrected chi connectivity index (χ3v) is 3.17. The van der Waals surface area contributed by atoms with Crippen LogP contribution < -0.4 is 10.6 Å². The van der Waals surface area contributed by atoms with E-state index in [0.29, 0.717) is 6.04 Å². The van der Waals surface area contributed by atoms with Crippen molar-refractivity contribution in [3.63, 3.8) is 0 Å². The van der Waals surface area contributed by atoms with Gasteiger partial charge in [-0.15, -0.1) is 0 Å². The van der Waals surface area contributed by atoms with Crippen molar-refractivity contribution in [2.45, 2.75) is 70.6 Å². The quantitative estimate of drug-likeness (QED) is 0.778. The van der Waals surface area contributed by atoms with Gasteiger partial charge in [-0.1, -0.05) is 0 Å². The molecule has 1 fully saturated rings. The maximum absolute atomic E-state index is 11.7. The first kappa shape index (κ1) is 14.3. The van der Waals surface area contributed by atoms with E-state index < -0.39 is 5.60 Å². The molecule has 0 spiro atoms. The lowest BCUT2D eigenvalue weighted by Crippen LogP contribution is -2.41. The molecule has 0 aromatic heterocycles. The minimum absolute atomic E-state index is 0.00738. The van der Waals surface area contributed by atoms with E-state index in [-0.39, 0.29) is 11.6 Å². The number of ether oxygens (including phenoxy) is 1. The molecule has 17 heavy (non-hydrogen) atoms. The molecule has 1 saturated carbocycles. The minimum Gasteiger partial charge on any atom is -0.444 e. The van der Waals surface area contributed by atoms with Gasteiger partial charge in [0, 0.05) is 11.6 Å². The average molecular weight is 242 g/mol. The predicted octanol–water partition coefficient (Wildman–Crippen LogP) is 2.43. The molecular formula is C13H26N2O2. The number of carbonyl (C=O) groups excluding carboxylic acids is 1. The van der Waals surface area contributed by atoms with Crippen LogP contribution in [0, 0.1) is 0 Å². The van der Waals surface area contributed by atoms with E-state index in [9.17, 15) is 4.79 Å². The predicted molar refractivity (Wildman–Crippen MR) is 69.1 cm³/mol. The van der Waals surface area contributed by atoms with Gasteiger partial charge in [-0.25, -0.2) is 4.79 Å². The van der Waals surface area contributed by atoms with Crippen LogP contribution in [0.15, 0.2) is 0 Å². The number of hydrogen-bond donors (Lipinski definition) is 2. The van der Waals surface area contributed by atoms with E-state index in [4.69, 9.17) is 4.74 Å². The highest BCUT2D eigenvalue weighted by Crippen LogP contribution is 2.40. The standard InChI is InChI=1S/C13H26N2O2/c1-10(14-5)6-7-13(8-9-13)15-11(16)17-12(2,3)4/h10,14H,6-9H2,1-5H3,(H,15,16). The van der Waals surface area contributed by atoms with Gasteiger partial charge >= 0.3 is 6.09 Å². The Morgan fingerprint density at radius 3 is 2.41 bits per heavy atom. The highest BCUT2D eigenvalue weighted by Gasteiger charge is 2.44. The zero-order valence-corrected chi connectivity index (χ0v) is 11.7. The molecule has 1 atom stereocenters. The third kappa shape index (κ3) is 5.39. The maximum Gasteiger partial charge on any atom is 0.408 e. The molecule has 1 amide bonds. The minimum atomic E-state index is -0.418. The van der Waals surface area contributed by atoms with Crippen molar-refractivity contribution in [2.24, 2.45) is 0 Å². The number of carbonyl (C=O) groups is 1. The van der Waals surface area contributed by atoms with Crippen LogP contribution in [0.3, 0.4) is 0 Å². The van der Waals surface area contributed by atoms with Crippen LogP contribution in [-0.4, -0.2) is 30.3 Å². The molecule has 4 nitrogen and oxygen atoms in total. The number of rotatable bonds is 5. The molecule has 1 aliphatic rings. The number of amides is 1. The summed E-state index contributed by atoms with van der Waals surface area (Å²) < 4.78 is 5.28. The van der Waals surface area contributed by atoms with Gasteiger partial charge in [0.25, 0.3) is 0 Å². The molecule has 1 unspecified atom stereocenters. The Labute approximate surface area is 104 Å². The molecule has 4 heteroatoms. The van der Waals surface area contributed by atoms with E-state index in [1.54, 1.807) is 0 Å². The molecule has 2 N–H and O–H groups in total. The molecule has 0 bridgehead atoms. The van der Waals surface area contributed by atoms with Gasteiger partial charge in [0.05, 0.1) is 0 Å². The van der Waals surface area contributed by atoms with Gasteiger partial charge < -0.3 is 15.4 Å². The Kier molecular flexibility index (Phi) is 4.42. The van der Waals surface area contributed by atoms with Gasteiger partial charge in [-0.2, -0.15) is 0 Å².